The quantitative estimate of drug-likeness (QED) is 0.902. The number of aryl methyl sites for hydroxylation is 2. The molecule has 2 heterocycles. The molecule has 2 aromatic rings. The monoisotopic (exact) mass is 329 g/mol. The number of ether oxygens (including phenoxy) is 1. The fourth-order valence-electron chi connectivity index (χ4n) is 2.93. The van der Waals surface area contributed by atoms with E-state index < -0.39 is 5.60 Å². The number of nitrogens with zero attached hydrogens (tertiary/aromatic N) is 1. The van der Waals surface area contributed by atoms with Crippen molar-refractivity contribution in [2.75, 3.05) is 25.5 Å². The number of piperidine rings is 1. The van der Waals surface area contributed by atoms with Crippen LogP contribution in [0.2, 0.25) is 0 Å². The SMILES string of the molecule is COC1(C(=O)Nc2cccc(-c3nc(C)c(C)o3)c2)CCNCC1. The Kier molecular flexibility index (Phi) is 4.69. The Morgan fingerprint density at radius 2 is 2.08 bits per heavy atom. The number of carbonyl (C=O) groups excluding carboxylic acids is 1. The molecule has 1 aliphatic rings. The van der Waals surface area contributed by atoms with Gasteiger partial charge in [-0.1, -0.05) is 6.07 Å². The smallest absolute Gasteiger partial charge is 0.256 e. The summed E-state index contributed by atoms with van der Waals surface area (Å²) in [7, 11) is 1.60. The van der Waals surface area contributed by atoms with Crippen LogP contribution in [0.5, 0.6) is 0 Å². The average Bonchev–Trinajstić information content (AvgIpc) is 2.95. The van der Waals surface area contributed by atoms with Crippen LogP contribution in [0, 0.1) is 13.8 Å². The highest BCUT2D eigenvalue weighted by atomic mass is 16.5. The number of hydrogen-bond donors (Lipinski definition) is 2. The first-order chi connectivity index (χ1) is 11.5. The maximum absolute atomic E-state index is 12.7. The number of amides is 1. The predicted molar refractivity (Wildman–Crippen MR) is 91.9 cm³/mol. The number of rotatable bonds is 4. The maximum atomic E-state index is 12.7. The molecule has 0 atom stereocenters. The minimum absolute atomic E-state index is 0.108. The minimum Gasteiger partial charge on any atom is -0.441 e. The van der Waals surface area contributed by atoms with Crippen LogP contribution in [0.25, 0.3) is 11.5 Å². The standard InChI is InChI=1S/C18H23N3O3/c1-12-13(2)24-16(20-12)14-5-4-6-15(11-14)21-17(22)18(23-3)7-9-19-10-8-18/h4-6,11,19H,7-10H2,1-3H3,(H,21,22). The zero-order valence-electron chi connectivity index (χ0n) is 14.3. The lowest BCUT2D eigenvalue weighted by Gasteiger charge is -2.34. The van der Waals surface area contributed by atoms with E-state index in [1.807, 2.05) is 38.1 Å². The summed E-state index contributed by atoms with van der Waals surface area (Å²) < 4.78 is 11.2. The molecule has 0 spiro atoms. The van der Waals surface area contributed by atoms with Crippen LogP contribution in [-0.2, 0) is 9.53 Å². The summed E-state index contributed by atoms with van der Waals surface area (Å²) in [5.41, 5.74) is 1.64. The van der Waals surface area contributed by atoms with Gasteiger partial charge in [0.2, 0.25) is 5.89 Å². The molecule has 0 unspecified atom stereocenters. The Balaban J connectivity index is 1.80. The zero-order chi connectivity index (χ0) is 17.2. The Labute approximate surface area is 141 Å². The highest BCUT2D eigenvalue weighted by Gasteiger charge is 2.39. The lowest BCUT2D eigenvalue weighted by atomic mass is 9.91. The molecule has 0 radical (unpaired) electrons. The number of nitrogens with one attached hydrogen (secondary N) is 2. The number of aromatic nitrogens is 1. The summed E-state index contributed by atoms with van der Waals surface area (Å²) >= 11 is 0. The number of benzene rings is 1. The van der Waals surface area contributed by atoms with Crippen LogP contribution in [0.3, 0.4) is 0 Å². The Bertz CT molecular complexity index is 713. The van der Waals surface area contributed by atoms with Crippen molar-refractivity contribution in [3.63, 3.8) is 0 Å². The summed E-state index contributed by atoms with van der Waals surface area (Å²) in [5.74, 6) is 1.25. The van der Waals surface area contributed by atoms with E-state index in [0.29, 0.717) is 24.4 Å². The first kappa shape index (κ1) is 16.7. The van der Waals surface area contributed by atoms with Gasteiger partial charge in [0, 0.05) is 18.4 Å². The van der Waals surface area contributed by atoms with Gasteiger partial charge in [0.05, 0.1) is 5.69 Å². The third-order valence-corrected chi connectivity index (χ3v) is 4.61. The fraction of sp³-hybridized carbons (Fsp3) is 0.444. The van der Waals surface area contributed by atoms with Crippen LogP contribution in [0.4, 0.5) is 5.69 Å². The van der Waals surface area contributed by atoms with Gasteiger partial charge in [0.15, 0.2) is 0 Å². The van der Waals surface area contributed by atoms with Crippen molar-refractivity contribution >= 4 is 11.6 Å². The third-order valence-electron chi connectivity index (χ3n) is 4.61. The van der Waals surface area contributed by atoms with Gasteiger partial charge in [-0.25, -0.2) is 4.98 Å². The second-order valence-electron chi connectivity index (χ2n) is 6.14. The van der Waals surface area contributed by atoms with Gasteiger partial charge in [0.1, 0.15) is 11.4 Å². The molecule has 3 rings (SSSR count). The van der Waals surface area contributed by atoms with E-state index in [4.69, 9.17) is 9.15 Å². The highest BCUT2D eigenvalue weighted by Crippen LogP contribution is 2.27. The number of hydrogen-bond acceptors (Lipinski definition) is 5. The highest BCUT2D eigenvalue weighted by molar-refractivity contribution is 5.97. The molecule has 24 heavy (non-hydrogen) atoms. The Morgan fingerprint density at radius 3 is 2.71 bits per heavy atom. The number of anilines is 1. The second-order valence-corrected chi connectivity index (χ2v) is 6.14. The molecule has 1 saturated heterocycles. The maximum Gasteiger partial charge on any atom is 0.256 e. The van der Waals surface area contributed by atoms with Gasteiger partial charge in [-0.05, 0) is 58.0 Å². The topological polar surface area (TPSA) is 76.4 Å². The Hall–Kier alpha value is -2.18. The molecule has 6 nitrogen and oxygen atoms in total. The second kappa shape index (κ2) is 6.75. The first-order valence-electron chi connectivity index (χ1n) is 8.16. The summed E-state index contributed by atoms with van der Waals surface area (Å²) in [6.45, 7) is 5.34. The van der Waals surface area contributed by atoms with E-state index in [-0.39, 0.29) is 5.91 Å². The molecule has 2 N–H and O–H groups in total. The van der Waals surface area contributed by atoms with Gasteiger partial charge in [-0.3, -0.25) is 4.79 Å². The lowest BCUT2D eigenvalue weighted by Crippen LogP contribution is -2.51. The first-order valence-corrected chi connectivity index (χ1v) is 8.16. The number of oxazole rings is 1. The fourth-order valence-corrected chi connectivity index (χ4v) is 2.93. The molecule has 1 aromatic heterocycles. The van der Waals surface area contributed by atoms with E-state index in [1.54, 1.807) is 7.11 Å². The van der Waals surface area contributed by atoms with Crippen molar-refractivity contribution in [1.29, 1.82) is 0 Å². The van der Waals surface area contributed by atoms with E-state index in [1.165, 1.54) is 0 Å². The normalized spacial score (nSPS) is 16.8. The van der Waals surface area contributed by atoms with Crippen molar-refractivity contribution < 1.29 is 13.9 Å². The molecule has 1 fully saturated rings. The minimum atomic E-state index is -0.767. The molecule has 0 bridgehead atoms. The van der Waals surface area contributed by atoms with Crippen LogP contribution in [-0.4, -0.2) is 36.7 Å². The van der Waals surface area contributed by atoms with Gasteiger partial charge < -0.3 is 19.8 Å². The molecular weight excluding hydrogens is 306 g/mol. The van der Waals surface area contributed by atoms with Crippen molar-refractivity contribution in [2.45, 2.75) is 32.3 Å². The Morgan fingerprint density at radius 1 is 1.33 bits per heavy atom. The van der Waals surface area contributed by atoms with Crippen molar-refractivity contribution in [2.24, 2.45) is 0 Å². The molecule has 128 valence electrons. The molecule has 6 heteroatoms. The molecule has 0 saturated carbocycles. The van der Waals surface area contributed by atoms with E-state index in [2.05, 4.69) is 15.6 Å². The van der Waals surface area contributed by atoms with Gasteiger partial charge in [0.25, 0.3) is 5.91 Å². The molecular formula is C18H23N3O3. The predicted octanol–water partition coefficient (Wildman–Crippen LogP) is 2.67. The molecule has 1 amide bonds. The van der Waals surface area contributed by atoms with Crippen molar-refractivity contribution in [1.82, 2.24) is 10.3 Å². The van der Waals surface area contributed by atoms with Crippen molar-refractivity contribution in [3.05, 3.63) is 35.7 Å². The summed E-state index contributed by atoms with van der Waals surface area (Å²) in [5, 5.41) is 6.22. The molecule has 1 aromatic carbocycles. The van der Waals surface area contributed by atoms with E-state index in [9.17, 15) is 4.79 Å². The van der Waals surface area contributed by atoms with E-state index >= 15 is 0 Å². The zero-order valence-corrected chi connectivity index (χ0v) is 14.3. The van der Waals surface area contributed by atoms with Crippen LogP contribution < -0.4 is 10.6 Å². The van der Waals surface area contributed by atoms with Crippen LogP contribution >= 0.6 is 0 Å². The summed E-state index contributed by atoms with van der Waals surface area (Å²) in [6.07, 6.45) is 1.32. The van der Waals surface area contributed by atoms with Crippen LogP contribution in [0.15, 0.2) is 28.7 Å². The lowest BCUT2D eigenvalue weighted by molar-refractivity contribution is -0.140. The average molecular weight is 329 g/mol. The number of carbonyl (C=O) groups is 1. The largest absolute Gasteiger partial charge is 0.441 e. The van der Waals surface area contributed by atoms with Gasteiger partial charge in [-0.15, -0.1) is 0 Å². The van der Waals surface area contributed by atoms with Gasteiger partial charge >= 0.3 is 0 Å². The van der Waals surface area contributed by atoms with Crippen molar-refractivity contribution in [3.8, 4) is 11.5 Å². The van der Waals surface area contributed by atoms with Gasteiger partial charge in [-0.2, -0.15) is 0 Å². The third kappa shape index (κ3) is 3.20. The summed E-state index contributed by atoms with van der Waals surface area (Å²) in [4.78, 5) is 17.1. The van der Waals surface area contributed by atoms with E-state index in [0.717, 1.165) is 30.1 Å². The van der Waals surface area contributed by atoms with Crippen LogP contribution in [0.1, 0.15) is 24.3 Å². The number of methoxy groups -OCH3 is 1. The molecule has 1 aliphatic heterocycles. The summed E-state index contributed by atoms with van der Waals surface area (Å²) in [6, 6.07) is 7.51. The molecule has 0 aliphatic carbocycles.